The van der Waals surface area contributed by atoms with Gasteiger partial charge in [-0.2, -0.15) is 0 Å². The number of aromatic nitrogens is 2. The van der Waals surface area contributed by atoms with Crippen LogP contribution in [0, 0.1) is 0 Å². The third kappa shape index (κ3) is 3.74. The lowest BCUT2D eigenvalue weighted by Crippen LogP contribution is -2.16. The molecular weight excluding hydrogens is 316 g/mol. The number of anilines is 1. The minimum Gasteiger partial charge on any atom is -0.492 e. The van der Waals surface area contributed by atoms with Crippen molar-refractivity contribution in [3.05, 3.63) is 29.3 Å². The average Bonchev–Trinajstić information content (AvgIpc) is 2.93. The summed E-state index contributed by atoms with van der Waals surface area (Å²) in [6.45, 7) is 2.01. The number of amides is 1. The number of nitrogens with zero attached hydrogens (tertiary/aromatic N) is 2. The highest BCUT2D eigenvalue weighted by atomic mass is 32.2. The van der Waals surface area contributed by atoms with Crippen LogP contribution < -0.4 is 15.2 Å². The molecule has 2 rings (SSSR count). The molecule has 0 aliphatic heterocycles. The summed E-state index contributed by atoms with van der Waals surface area (Å²) in [4.78, 5) is 12.0. The van der Waals surface area contributed by atoms with Crippen molar-refractivity contribution in [2.45, 2.75) is 11.8 Å². The fourth-order valence-electron chi connectivity index (χ4n) is 1.54. The van der Waals surface area contributed by atoms with Gasteiger partial charge in [0.25, 0.3) is 5.91 Å². The molecule has 0 saturated heterocycles. The van der Waals surface area contributed by atoms with E-state index in [0.29, 0.717) is 11.5 Å². The number of carbonyl (C=O) groups is 1. The Hall–Kier alpha value is -2.04. The van der Waals surface area contributed by atoms with Crippen LogP contribution in [0.4, 0.5) is 5.69 Å². The maximum absolute atomic E-state index is 11.9. The number of nitrogens with two attached hydrogens (primary N) is 1. The van der Waals surface area contributed by atoms with E-state index in [2.05, 4.69) is 14.9 Å². The van der Waals surface area contributed by atoms with E-state index in [9.17, 15) is 13.2 Å². The van der Waals surface area contributed by atoms with Crippen molar-refractivity contribution in [3.8, 4) is 5.75 Å². The zero-order valence-corrected chi connectivity index (χ0v) is 12.6. The van der Waals surface area contributed by atoms with Gasteiger partial charge in [-0.05, 0) is 36.7 Å². The second-order valence-electron chi connectivity index (χ2n) is 3.88. The van der Waals surface area contributed by atoms with Crippen LogP contribution in [0.15, 0.2) is 29.3 Å². The van der Waals surface area contributed by atoms with Crippen LogP contribution in [-0.4, -0.2) is 30.5 Å². The zero-order valence-electron chi connectivity index (χ0n) is 10.9. The molecule has 0 bridgehead atoms. The number of ether oxygens (including phenoxy) is 1. The number of rotatable bonds is 5. The molecule has 0 atom stereocenters. The normalized spacial score (nSPS) is 11.1. The van der Waals surface area contributed by atoms with Crippen molar-refractivity contribution in [3.63, 3.8) is 0 Å². The van der Waals surface area contributed by atoms with Gasteiger partial charge >= 0.3 is 0 Å². The molecule has 21 heavy (non-hydrogen) atoms. The molecule has 2 aromatic rings. The summed E-state index contributed by atoms with van der Waals surface area (Å²) in [5.41, 5.74) is 0.279. The topological polar surface area (TPSA) is 124 Å². The predicted molar refractivity (Wildman–Crippen MR) is 76.8 cm³/mol. The number of hydrogen-bond acceptors (Lipinski definition) is 7. The van der Waals surface area contributed by atoms with Crippen molar-refractivity contribution >= 4 is 33.2 Å². The zero-order chi connectivity index (χ0) is 15.5. The molecule has 1 heterocycles. The number of primary sulfonamides is 1. The Balaban J connectivity index is 2.32. The summed E-state index contributed by atoms with van der Waals surface area (Å²) >= 11 is 0.931. The Morgan fingerprint density at radius 1 is 1.48 bits per heavy atom. The molecule has 0 aliphatic rings. The van der Waals surface area contributed by atoms with Crippen LogP contribution in [0.5, 0.6) is 5.75 Å². The molecule has 0 saturated carbocycles. The summed E-state index contributed by atoms with van der Waals surface area (Å²) in [6.07, 6.45) is 1.31. The molecule has 8 nitrogen and oxygen atoms in total. The third-order valence-electron chi connectivity index (χ3n) is 2.39. The largest absolute Gasteiger partial charge is 0.492 e. The smallest absolute Gasteiger partial charge is 0.269 e. The first-order valence-corrected chi connectivity index (χ1v) is 8.12. The van der Waals surface area contributed by atoms with E-state index < -0.39 is 15.9 Å². The molecule has 10 heteroatoms. The van der Waals surface area contributed by atoms with Gasteiger partial charge in [-0.15, -0.1) is 5.10 Å². The van der Waals surface area contributed by atoms with Gasteiger partial charge in [-0.3, -0.25) is 4.79 Å². The number of benzene rings is 1. The Bertz CT molecular complexity index is 744. The second kappa shape index (κ2) is 6.16. The van der Waals surface area contributed by atoms with Crippen LogP contribution in [0.3, 0.4) is 0 Å². The van der Waals surface area contributed by atoms with Gasteiger partial charge in [0.15, 0.2) is 0 Å². The molecular formula is C11H12N4O4S2. The first-order chi connectivity index (χ1) is 9.91. The lowest BCUT2D eigenvalue weighted by Gasteiger charge is -2.11. The molecule has 0 radical (unpaired) electrons. The lowest BCUT2D eigenvalue weighted by atomic mass is 10.3. The SMILES string of the molecule is CCOc1ccc(NC(=O)c2cnns2)cc1S(N)(=O)=O. The number of carbonyl (C=O) groups excluding carboxylic acids is 1. The highest BCUT2D eigenvalue weighted by molar-refractivity contribution is 7.89. The highest BCUT2D eigenvalue weighted by Gasteiger charge is 2.17. The van der Waals surface area contributed by atoms with Gasteiger partial charge in [-0.1, -0.05) is 4.49 Å². The summed E-state index contributed by atoms with van der Waals surface area (Å²) in [5, 5.41) is 11.2. The summed E-state index contributed by atoms with van der Waals surface area (Å²) < 4.78 is 31.9. The maximum atomic E-state index is 11.9. The molecule has 0 aliphatic carbocycles. The maximum Gasteiger partial charge on any atom is 0.269 e. The van der Waals surface area contributed by atoms with Crippen molar-refractivity contribution in [1.29, 1.82) is 0 Å². The average molecular weight is 328 g/mol. The molecule has 0 unspecified atom stereocenters. The molecule has 112 valence electrons. The van der Waals surface area contributed by atoms with Gasteiger partial charge < -0.3 is 10.1 Å². The van der Waals surface area contributed by atoms with E-state index in [-0.39, 0.29) is 16.3 Å². The van der Waals surface area contributed by atoms with E-state index >= 15 is 0 Å². The summed E-state index contributed by atoms with van der Waals surface area (Å²) in [5.74, 6) is -0.299. The quantitative estimate of drug-likeness (QED) is 0.838. The van der Waals surface area contributed by atoms with Gasteiger partial charge in [0.1, 0.15) is 15.5 Å². The minimum atomic E-state index is -3.97. The van der Waals surface area contributed by atoms with Crippen LogP contribution >= 0.6 is 11.5 Å². The van der Waals surface area contributed by atoms with Crippen molar-refractivity contribution < 1.29 is 17.9 Å². The number of hydrogen-bond donors (Lipinski definition) is 2. The Morgan fingerprint density at radius 3 is 2.81 bits per heavy atom. The van der Waals surface area contributed by atoms with E-state index in [0.717, 1.165) is 11.5 Å². The van der Waals surface area contributed by atoms with E-state index in [1.54, 1.807) is 6.92 Å². The van der Waals surface area contributed by atoms with Crippen molar-refractivity contribution in [1.82, 2.24) is 9.59 Å². The standard InChI is InChI=1S/C11H12N4O4S2/c1-2-19-8-4-3-7(5-10(8)21(12,17)18)14-11(16)9-6-13-15-20-9/h3-6H,2H2,1H3,(H,14,16)(H2,12,17,18). The number of nitrogens with one attached hydrogen (secondary N) is 1. The first kappa shape index (κ1) is 15.4. The number of sulfonamides is 1. The van der Waals surface area contributed by atoms with Gasteiger partial charge in [-0.25, -0.2) is 13.6 Å². The van der Waals surface area contributed by atoms with Gasteiger partial charge in [0.2, 0.25) is 10.0 Å². The monoisotopic (exact) mass is 328 g/mol. The lowest BCUT2D eigenvalue weighted by molar-refractivity contribution is 0.103. The third-order valence-corrected chi connectivity index (χ3v) is 3.99. The summed E-state index contributed by atoms with van der Waals surface area (Å²) in [6, 6.07) is 4.20. The predicted octanol–water partition coefficient (Wildman–Crippen LogP) is 0.837. The van der Waals surface area contributed by atoms with E-state index in [1.165, 1.54) is 24.4 Å². The van der Waals surface area contributed by atoms with Crippen LogP contribution in [0.2, 0.25) is 0 Å². The fourth-order valence-corrected chi connectivity index (χ4v) is 2.65. The molecule has 0 spiro atoms. The molecule has 0 fully saturated rings. The van der Waals surface area contributed by atoms with Gasteiger partial charge in [0.05, 0.1) is 12.8 Å². The Kier molecular flexibility index (Phi) is 4.50. The Labute approximate surface area is 125 Å². The molecule has 1 aromatic heterocycles. The van der Waals surface area contributed by atoms with E-state index in [1.807, 2.05) is 0 Å². The van der Waals surface area contributed by atoms with Crippen LogP contribution in [0.1, 0.15) is 16.6 Å². The molecule has 1 aromatic carbocycles. The second-order valence-corrected chi connectivity index (χ2v) is 6.19. The van der Waals surface area contributed by atoms with Crippen molar-refractivity contribution in [2.75, 3.05) is 11.9 Å². The first-order valence-electron chi connectivity index (χ1n) is 5.80. The van der Waals surface area contributed by atoms with Gasteiger partial charge in [0, 0.05) is 5.69 Å². The van der Waals surface area contributed by atoms with E-state index in [4.69, 9.17) is 9.88 Å². The highest BCUT2D eigenvalue weighted by Crippen LogP contribution is 2.26. The van der Waals surface area contributed by atoms with Crippen LogP contribution in [0.25, 0.3) is 0 Å². The minimum absolute atomic E-state index is 0.137. The van der Waals surface area contributed by atoms with Crippen LogP contribution in [-0.2, 0) is 10.0 Å². The molecule has 3 N–H and O–H groups in total. The fraction of sp³-hybridized carbons (Fsp3) is 0.182. The Morgan fingerprint density at radius 2 is 2.24 bits per heavy atom. The van der Waals surface area contributed by atoms with Crippen molar-refractivity contribution in [2.24, 2.45) is 5.14 Å². The molecule has 1 amide bonds. The summed E-state index contributed by atoms with van der Waals surface area (Å²) in [7, 11) is -3.97.